The number of alkyl halides is 3. The van der Waals surface area contributed by atoms with Crippen molar-refractivity contribution in [2.45, 2.75) is 26.1 Å². The lowest BCUT2D eigenvalue weighted by molar-refractivity contribution is -0.153. The van der Waals surface area contributed by atoms with Gasteiger partial charge < -0.3 is 19.1 Å². The van der Waals surface area contributed by atoms with E-state index in [4.69, 9.17) is 14.2 Å². The normalized spacial score (nSPS) is 16.4. The minimum Gasteiger partial charge on any atom is -0.482 e. The molecule has 232 valence electrons. The largest absolute Gasteiger partial charge is 0.482 e. The molecule has 0 unspecified atom stereocenters. The van der Waals surface area contributed by atoms with Crippen molar-refractivity contribution in [3.8, 4) is 23.1 Å². The second-order valence-electron chi connectivity index (χ2n) is 10.2. The molecule has 0 N–H and O–H groups in total. The molecule has 0 radical (unpaired) electrons. The Kier molecular flexibility index (Phi) is 8.90. The molecule has 3 aromatic rings. The molecule has 1 fully saturated rings. The first-order valence-electron chi connectivity index (χ1n) is 13.9. The molecule has 2 aromatic carbocycles. The van der Waals surface area contributed by atoms with Crippen LogP contribution in [0.2, 0.25) is 0 Å². The van der Waals surface area contributed by atoms with Crippen molar-refractivity contribution < 1.29 is 37.0 Å². The summed E-state index contributed by atoms with van der Waals surface area (Å²) in [5.41, 5.74) is -0.821. The number of anilines is 1. The van der Waals surface area contributed by atoms with Crippen LogP contribution in [0, 0.1) is 6.92 Å². The number of para-hydroxylation sites is 4. The van der Waals surface area contributed by atoms with Crippen LogP contribution in [0.1, 0.15) is 12.0 Å². The molecule has 1 saturated heterocycles. The van der Waals surface area contributed by atoms with Crippen molar-refractivity contribution in [3.05, 3.63) is 87.1 Å². The van der Waals surface area contributed by atoms with E-state index >= 15 is 0 Å². The molecule has 1 aromatic heterocycles. The van der Waals surface area contributed by atoms with Crippen molar-refractivity contribution in [2.24, 2.45) is 0 Å². The number of nitrogens with zero attached hydrogens (tertiary/aromatic N) is 4. The Morgan fingerprint density at radius 1 is 0.818 bits per heavy atom. The standard InChI is InChI=1S/C30H29F3N4O7/c1-20-27(40)37-22-8-3-5-10-24(22)43-25(38)11-12-26(39)44-28(20)36(29(37)41)14-6-13-34-15-17-35(18-16-34)21-7-2-4-9-23(21)42-19-30(31,32)33/h2-5,7-12H,6,13-19H2,1H3/b12-11+. The van der Waals surface area contributed by atoms with Crippen molar-refractivity contribution in [3.63, 3.8) is 0 Å². The maximum atomic E-state index is 13.7. The highest BCUT2D eigenvalue weighted by molar-refractivity contribution is 5.93. The zero-order valence-electron chi connectivity index (χ0n) is 23.7. The molecule has 0 amide bonds. The first kappa shape index (κ1) is 30.6. The van der Waals surface area contributed by atoms with Gasteiger partial charge in [0, 0.05) is 44.9 Å². The molecule has 0 saturated carbocycles. The number of carbonyl (C=O) groups excluding carboxylic acids is 2. The monoisotopic (exact) mass is 614 g/mol. The molecule has 3 aliphatic heterocycles. The van der Waals surface area contributed by atoms with Gasteiger partial charge in [0.05, 0.1) is 16.9 Å². The van der Waals surface area contributed by atoms with Gasteiger partial charge in [-0.05, 0) is 44.2 Å². The fourth-order valence-corrected chi connectivity index (χ4v) is 5.10. The number of ether oxygens (including phenoxy) is 3. The van der Waals surface area contributed by atoms with Crippen LogP contribution in [-0.4, -0.2) is 71.5 Å². The molecule has 0 atom stereocenters. The lowest BCUT2D eigenvalue weighted by Crippen LogP contribution is -2.47. The van der Waals surface area contributed by atoms with E-state index in [1.54, 1.807) is 30.3 Å². The number of benzene rings is 2. The average molecular weight is 615 g/mol. The Morgan fingerprint density at radius 2 is 1.45 bits per heavy atom. The Labute approximate surface area is 249 Å². The molecule has 14 heteroatoms. The molecule has 0 spiro atoms. The number of piperazine rings is 1. The topological polar surface area (TPSA) is 112 Å². The van der Waals surface area contributed by atoms with Crippen molar-refractivity contribution in [2.75, 3.05) is 44.2 Å². The highest BCUT2D eigenvalue weighted by Crippen LogP contribution is 2.30. The Hall–Kier alpha value is -4.85. The number of rotatable bonds is 7. The third-order valence-electron chi connectivity index (χ3n) is 7.21. The number of hydrogen-bond donors (Lipinski definition) is 0. The fourth-order valence-electron chi connectivity index (χ4n) is 5.10. The molecule has 0 aliphatic carbocycles. The number of aromatic nitrogens is 2. The van der Waals surface area contributed by atoms with Crippen LogP contribution in [0.25, 0.3) is 5.69 Å². The first-order chi connectivity index (χ1) is 21.0. The van der Waals surface area contributed by atoms with Crippen LogP contribution in [-0.2, 0) is 16.1 Å². The third-order valence-corrected chi connectivity index (χ3v) is 7.21. The number of hydrogen-bond acceptors (Lipinski definition) is 9. The smallest absolute Gasteiger partial charge is 0.422 e. The molecule has 11 nitrogen and oxygen atoms in total. The Balaban J connectivity index is 1.32. The van der Waals surface area contributed by atoms with Crippen molar-refractivity contribution in [1.82, 2.24) is 14.0 Å². The van der Waals surface area contributed by atoms with Gasteiger partial charge in [-0.2, -0.15) is 13.2 Å². The predicted molar refractivity (Wildman–Crippen MR) is 153 cm³/mol. The van der Waals surface area contributed by atoms with Crippen LogP contribution in [0.5, 0.6) is 17.4 Å². The summed E-state index contributed by atoms with van der Waals surface area (Å²) in [5, 5.41) is 0. The van der Waals surface area contributed by atoms with E-state index in [9.17, 15) is 32.3 Å². The summed E-state index contributed by atoms with van der Waals surface area (Å²) in [6.07, 6.45) is -2.24. The summed E-state index contributed by atoms with van der Waals surface area (Å²) in [7, 11) is 0. The van der Waals surface area contributed by atoms with E-state index in [2.05, 4.69) is 4.90 Å². The quantitative estimate of drug-likeness (QED) is 0.293. The lowest BCUT2D eigenvalue weighted by Gasteiger charge is -2.36. The van der Waals surface area contributed by atoms with E-state index in [0.717, 1.165) is 16.7 Å². The second-order valence-corrected chi connectivity index (χ2v) is 10.2. The number of esters is 2. The lowest BCUT2D eigenvalue weighted by atomic mass is 10.2. The summed E-state index contributed by atoms with van der Waals surface area (Å²) in [6, 6.07) is 12.7. The van der Waals surface area contributed by atoms with Gasteiger partial charge in [-0.3, -0.25) is 14.3 Å². The van der Waals surface area contributed by atoms with E-state index in [0.29, 0.717) is 44.8 Å². The van der Waals surface area contributed by atoms with Crippen molar-refractivity contribution in [1.29, 1.82) is 0 Å². The van der Waals surface area contributed by atoms with Gasteiger partial charge in [-0.15, -0.1) is 0 Å². The van der Waals surface area contributed by atoms with Crippen LogP contribution in [0.15, 0.2) is 70.3 Å². The first-order valence-corrected chi connectivity index (χ1v) is 13.9. The SMILES string of the molecule is Cc1c2n(CCCN3CCN(c4ccccc4OCC(F)(F)F)CC3)c(=O)n(c1=O)-c1ccccc1OC(=O)/C=C/C(=O)O2. The van der Waals surface area contributed by atoms with Gasteiger partial charge >= 0.3 is 23.8 Å². The molecule has 2 bridgehead atoms. The maximum absolute atomic E-state index is 13.7. The highest BCUT2D eigenvalue weighted by Gasteiger charge is 2.30. The molecule has 3 aliphatic rings. The van der Waals surface area contributed by atoms with Gasteiger partial charge in [-0.25, -0.2) is 19.0 Å². The minimum atomic E-state index is -4.44. The summed E-state index contributed by atoms with van der Waals surface area (Å²) in [5.74, 6) is -1.92. The average Bonchev–Trinajstić information content (AvgIpc) is 3.00. The van der Waals surface area contributed by atoms with Gasteiger partial charge in [0.15, 0.2) is 12.4 Å². The zero-order chi connectivity index (χ0) is 31.4. The van der Waals surface area contributed by atoms with Crippen LogP contribution < -0.4 is 30.4 Å². The van der Waals surface area contributed by atoms with Crippen LogP contribution in [0.3, 0.4) is 0 Å². The van der Waals surface area contributed by atoms with E-state index < -0.39 is 36.0 Å². The van der Waals surface area contributed by atoms with Gasteiger partial charge in [0.25, 0.3) is 5.56 Å². The summed E-state index contributed by atoms with van der Waals surface area (Å²) >= 11 is 0. The molecular weight excluding hydrogens is 585 g/mol. The third kappa shape index (κ3) is 6.86. The maximum Gasteiger partial charge on any atom is 0.422 e. The Bertz CT molecular complexity index is 1710. The number of carbonyl (C=O) groups is 2. The summed E-state index contributed by atoms with van der Waals surface area (Å²) < 4.78 is 55.9. The molecule has 4 heterocycles. The minimum absolute atomic E-state index is 0.0214. The number of fused-ring (bicyclic) bond motifs is 6. The second kappa shape index (κ2) is 12.8. The summed E-state index contributed by atoms with van der Waals surface area (Å²) in [4.78, 5) is 55.8. The highest BCUT2D eigenvalue weighted by atomic mass is 19.4. The molecule has 44 heavy (non-hydrogen) atoms. The van der Waals surface area contributed by atoms with Crippen molar-refractivity contribution >= 4 is 17.6 Å². The van der Waals surface area contributed by atoms with Crippen LogP contribution in [0.4, 0.5) is 18.9 Å². The number of halogens is 3. The van der Waals surface area contributed by atoms with Gasteiger partial charge in [0.1, 0.15) is 5.75 Å². The predicted octanol–water partition coefficient (Wildman–Crippen LogP) is 2.84. The van der Waals surface area contributed by atoms with E-state index in [1.807, 2.05) is 4.90 Å². The van der Waals surface area contributed by atoms with E-state index in [1.165, 1.54) is 29.7 Å². The van der Waals surface area contributed by atoms with E-state index in [-0.39, 0.29) is 35.2 Å². The molecular formula is C30H29F3N4O7. The van der Waals surface area contributed by atoms with Gasteiger partial charge in [-0.1, -0.05) is 24.3 Å². The zero-order valence-corrected chi connectivity index (χ0v) is 23.7. The molecule has 6 rings (SSSR count). The van der Waals surface area contributed by atoms with Gasteiger partial charge in [0.2, 0.25) is 5.88 Å². The Morgan fingerprint density at radius 3 is 2.16 bits per heavy atom. The van der Waals surface area contributed by atoms with Crippen LogP contribution >= 0.6 is 0 Å². The summed E-state index contributed by atoms with van der Waals surface area (Å²) in [6.45, 7) is 3.01. The fraction of sp³-hybridized carbons (Fsp3) is 0.333.